The predicted octanol–water partition coefficient (Wildman–Crippen LogP) is 0.525. The topological polar surface area (TPSA) is 45.2 Å². The molecule has 104 valence electrons. The molecule has 1 fully saturated rings. The highest BCUT2D eigenvalue weighted by atomic mass is 16.7. The summed E-state index contributed by atoms with van der Waals surface area (Å²) in [5, 5.41) is 8.93. The summed E-state index contributed by atoms with van der Waals surface area (Å²) >= 11 is 0. The molecule has 1 aromatic rings. The number of hydrogen-bond acceptors (Lipinski definition) is 5. The Morgan fingerprint density at radius 1 is 1.00 bits per heavy atom. The lowest BCUT2D eigenvalue weighted by molar-refractivity contribution is 0.108. The third-order valence-electron chi connectivity index (χ3n) is 3.72. The number of piperazine rings is 1. The number of rotatable bonds is 4. The molecule has 0 unspecified atom stereocenters. The van der Waals surface area contributed by atoms with E-state index in [-0.39, 0.29) is 6.61 Å². The summed E-state index contributed by atoms with van der Waals surface area (Å²) in [7, 11) is 0. The minimum atomic E-state index is 0.252. The first-order valence-corrected chi connectivity index (χ1v) is 6.79. The summed E-state index contributed by atoms with van der Waals surface area (Å²) in [4.78, 5) is 4.74. The van der Waals surface area contributed by atoms with Crippen LogP contribution in [0.5, 0.6) is 11.5 Å². The van der Waals surface area contributed by atoms with Gasteiger partial charge in [-0.05, 0) is 17.7 Å². The van der Waals surface area contributed by atoms with E-state index in [2.05, 4.69) is 21.9 Å². The zero-order valence-electron chi connectivity index (χ0n) is 11.0. The van der Waals surface area contributed by atoms with Gasteiger partial charge >= 0.3 is 0 Å². The highest BCUT2D eigenvalue weighted by Crippen LogP contribution is 2.32. The van der Waals surface area contributed by atoms with E-state index in [1.807, 2.05) is 6.07 Å². The van der Waals surface area contributed by atoms with Crippen LogP contribution in [0, 0.1) is 0 Å². The lowest BCUT2D eigenvalue weighted by atomic mass is 10.1. The SMILES string of the molecule is OCCN1CCN(Cc2ccc3c(c2)OCO3)CC1. The lowest BCUT2D eigenvalue weighted by Gasteiger charge is -2.34. The maximum atomic E-state index is 8.93. The molecule has 0 spiro atoms. The number of ether oxygens (including phenoxy) is 2. The molecule has 0 atom stereocenters. The van der Waals surface area contributed by atoms with Gasteiger partial charge in [0.1, 0.15) is 0 Å². The summed E-state index contributed by atoms with van der Waals surface area (Å²) in [6, 6.07) is 6.16. The maximum absolute atomic E-state index is 8.93. The molecule has 19 heavy (non-hydrogen) atoms. The minimum absolute atomic E-state index is 0.252. The summed E-state index contributed by atoms with van der Waals surface area (Å²) in [6.07, 6.45) is 0. The molecule has 0 radical (unpaired) electrons. The van der Waals surface area contributed by atoms with Gasteiger partial charge in [-0.2, -0.15) is 0 Å². The summed E-state index contributed by atoms with van der Waals surface area (Å²) in [5.41, 5.74) is 1.26. The standard InChI is InChI=1S/C14H20N2O3/c17-8-7-15-3-5-16(6-4-15)10-12-1-2-13-14(9-12)19-11-18-13/h1-2,9,17H,3-8,10-11H2. The maximum Gasteiger partial charge on any atom is 0.231 e. The summed E-state index contributed by atoms with van der Waals surface area (Å²) < 4.78 is 10.7. The van der Waals surface area contributed by atoms with Gasteiger partial charge in [-0.25, -0.2) is 0 Å². The Kier molecular flexibility index (Phi) is 3.87. The Morgan fingerprint density at radius 2 is 1.74 bits per heavy atom. The van der Waals surface area contributed by atoms with Crippen LogP contribution >= 0.6 is 0 Å². The Labute approximate surface area is 113 Å². The van der Waals surface area contributed by atoms with Crippen molar-refractivity contribution >= 4 is 0 Å². The average molecular weight is 264 g/mol. The van der Waals surface area contributed by atoms with Crippen molar-refractivity contribution in [3.8, 4) is 11.5 Å². The van der Waals surface area contributed by atoms with E-state index in [4.69, 9.17) is 14.6 Å². The van der Waals surface area contributed by atoms with Gasteiger partial charge in [0.25, 0.3) is 0 Å². The Hall–Kier alpha value is -1.30. The molecule has 0 amide bonds. The van der Waals surface area contributed by atoms with E-state index in [0.29, 0.717) is 6.79 Å². The van der Waals surface area contributed by atoms with Crippen molar-refractivity contribution in [2.24, 2.45) is 0 Å². The predicted molar refractivity (Wildman–Crippen MR) is 71.4 cm³/mol. The molecule has 5 heteroatoms. The Morgan fingerprint density at radius 3 is 2.53 bits per heavy atom. The first-order chi connectivity index (χ1) is 9.35. The molecule has 0 aromatic heterocycles. The molecule has 0 saturated carbocycles. The largest absolute Gasteiger partial charge is 0.454 e. The van der Waals surface area contributed by atoms with Crippen LogP contribution in [0.4, 0.5) is 0 Å². The smallest absolute Gasteiger partial charge is 0.231 e. The molecule has 3 rings (SSSR count). The number of aliphatic hydroxyl groups is 1. The third kappa shape index (κ3) is 3.00. The first-order valence-electron chi connectivity index (χ1n) is 6.79. The van der Waals surface area contributed by atoms with Gasteiger partial charge in [0.15, 0.2) is 11.5 Å². The number of nitrogens with zero attached hydrogens (tertiary/aromatic N) is 2. The van der Waals surface area contributed by atoms with E-state index < -0.39 is 0 Å². The summed E-state index contributed by atoms with van der Waals surface area (Å²) in [6.45, 7) is 6.49. The van der Waals surface area contributed by atoms with Crippen molar-refractivity contribution in [3.05, 3.63) is 23.8 Å². The number of hydrogen-bond donors (Lipinski definition) is 1. The van der Waals surface area contributed by atoms with Crippen molar-refractivity contribution in [3.63, 3.8) is 0 Å². The monoisotopic (exact) mass is 264 g/mol. The summed E-state index contributed by atoms with van der Waals surface area (Å²) in [5.74, 6) is 1.70. The number of aliphatic hydroxyl groups excluding tert-OH is 1. The second-order valence-corrected chi connectivity index (χ2v) is 5.03. The fourth-order valence-corrected chi connectivity index (χ4v) is 2.61. The van der Waals surface area contributed by atoms with Crippen LogP contribution in [0.2, 0.25) is 0 Å². The molecule has 1 aromatic carbocycles. The van der Waals surface area contributed by atoms with Crippen LogP contribution < -0.4 is 9.47 Å². The van der Waals surface area contributed by atoms with Crippen LogP contribution in [0.1, 0.15) is 5.56 Å². The minimum Gasteiger partial charge on any atom is -0.454 e. The Bertz CT molecular complexity index is 431. The molecule has 5 nitrogen and oxygen atoms in total. The second-order valence-electron chi connectivity index (χ2n) is 5.03. The van der Waals surface area contributed by atoms with Crippen molar-refractivity contribution in [1.29, 1.82) is 0 Å². The number of β-amino-alcohol motifs (C(OH)–C–C–N with tert-alkyl or cyclic N) is 1. The van der Waals surface area contributed by atoms with Crippen LogP contribution in [-0.2, 0) is 6.54 Å². The van der Waals surface area contributed by atoms with E-state index >= 15 is 0 Å². The highest BCUT2D eigenvalue weighted by Gasteiger charge is 2.18. The van der Waals surface area contributed by atoms with Gasteiger partial charge in [0, 0.05) is 39.3 Å². The zero-order chi connectivity index (χ0) is 13.1. The van der Waals surface area contributed by atoms with Gasteiger partial charge in [0.05, 0.1) is 6.61 Å². The highest BCUT2D eigenvalue weighted by molar-refractivity contribution is 5.44. The van der Waals surface area contributed by atoms with Gasteiger partial charge in [0.2, 0.25) is 6.79 Å². The van der Waals surface area contributed by atoms with Crippen molar-refractivity contribution in [2.45, 2.75) is 6.54 Å². The van der Waals surface area contributed by atoms with Crippen LogP contribution in [-0.4, -0.2) is 61.0 Å². The first kappa shape index (κ1) is 12.7. The molecule has 1 N–H and O–H groups in total. The van der Waals surface area contributed by atoms with Gasteiger partial charge < -0.3 is 14.6 Å². The Balaban J connectivity index is 1.55. The van der Waals surface area contributed by atoms with Gasteiger partial charge in [-0.3, -0.25) is 9.80 Å². The lowest BCUT2D eigenvalue weighted by Crippen LogP contribution is -2.46. The van der Waals surface area contributed by atoms with Gasteiger partial charge in [-0.1, -0.05) is 6.07 Å². The van der Waals surface area contributed by atoms with E-state index in [1.165, 1.54) is 5.56 Å². The van der Waals surface area contributed by atoms with E-state index in [1.54, 1.807) is 0 Å². The number of fused-ring (bicyclic) bond motifs is 1. The van der Waals surface area contributed by atoms with Crippen molar-refractivity contribution in [2.75, 3.05) is 46.1 Å². The zero-order valence-corrected chi connectivity index (χ0v) is 11.0. The van der Waals surface area contributed by atoms with Gasteiger partial charge in [-0.15, -0.1) is 0 Å². The van der Waals surface area contributed by atoms with Crippen LogP contribution in [0.25, 0.3) is 0 Å². The average Bonchev–Trinajstić information content (AvgIpc) is 2.89. The second kappa shape index (κ2) is 5.77. The van der Waals surface area contributed by atoms with E-state index in [0.717, 1.165) is 50.8 Å². The number of benzene rings is 1. The molecular formula is C14H20N2O3. The normalized spacial score (nSPS) is 19.8. The fourth-order valence-electron chi connectivity index (χ4n) is 2.61. The quantitative estimate of drug-likeness (QED) is 0.859. The van der Waals surface area contributed by atoms with Crippen molar-refractivity contribution < 1.29 is 14.6 Å². The van der Waals surface area contributed by atoms with E-state index in [9.17, 15) is 0 Å². The molecule has 2 aliphatic rings. The molecule has 2 heterocycles. The van der Waals surface area contributed by atoms with Crippen LogP contribution in [0.15, 0.2) is 18.2 Å². The van der Waals surface area contributed by atoms with Crippen LogP contribution in [0.3, 0.4) is 0 Å². The molecule has 1 saturated heterocycles. The molecular weight excluding hydrogens is 244 g/mol. The third-order valence-corrected chi connectivity index (χ3v) is 3.72. The molecule has 0 bridgehead atoms. The molecule has 2 aliphatic heterocycles. The van der Waals surface area contributed by atoms with Crippen molar-refractivity contribution in [1.82, 2.24) is 9.80 Å². The fraction of sp³-hybridized carbons (Fsp3) is 0.571. The molecule has 0 aliphatic carbocycles.